The van der Waals surface area contributed by atoms with Gasteiger partial charge in [0.05, 0.1) is 6.61 Å². The molecule has 3 N–H and O–H groups in total. The molecular weight excluding hydrogens is 206 g/mol. The Balaban J connectivity index is 2.23. The van der Waals surface area contributed by atoms with Crippen LogP contribution in [0.25, 0.3) is 0 Å². The fourth-order valence-corrected chi connectivity index (χ4v) is 1.33. The van der Waals surface area contributed by atoms with Gasteiger partial charge in [-0.05, 0) is 13.0 Å². The first kappa shape index (κ1) is 10.4. The van der Waals surface area contributed by atoms with Crippen molar-refractivity contribution in [2.45, 2.75) is 13.1 Å². The summed E-state index contributed by atoms with van der Waals surface area (Å²) in [6.07, 6.45) is 3.03. The number of nitrogens with one attached hydrogen (secondary N) is 1. The van der Waals surface area contributed by atoms with Crippen molar-refractivity contribution in [2.24, 2.45) is 15.7 Å². The van der Waals surface area contributed by atoms with Gasteiger partial charge in [0.15, 0.2) is 12.1 Å². The van der Waals surface area contributed by atoms with Gasteiger partial charge in [0, 0.05) is 18.0 Å². The molecule has 0 aliphatic carbocycles. The molecule has 2 heterocycles. The summed E-state index contributed by atoms with van der Waals surface area (Å²) in [5.41, 5.74) is 6.52. The Bertz CT molecular complexity index is 414. The van der Waals surface area contributed by atoms with Crippen molar-refractivity contribution in [1.29, 1.82) is 0 Å². The molecule has 1 aliphatic rings. The van der Waals surface area contributed by atoms with Gasteiger partial charge < -0.3 is 10.5 Å². The van der Waals surface area contributed by atoms with E-state index in [2.05, 4.69) is 20.3 Å². The van der Waals surface area contributed by atoms with E-state index in [9.17, 15) is 0 Å². The molecule has 2 rings (SSSR count). The summed E-state index contributed by atoms with van der Waals surface area (Å²) < 4.78 is 5.26. The molecule has 0 bridgehead atoms. The molecule has 84 valence electrons. The highest BCUT2D eigenvalue weighted by Gasteiger charge is 2.17. The fourth-order valence-electron chi connectivity index (χ4n) is 1.33. The van der Waals surface area contributed by atoms with Gasteiger partial charge in [-0.2, -0.15) is 0 Å². The van der Waals surface area contributed by atoms with Crippen molar-refractivity contribution in [2.75, 3.05) is 6.61 Å². The molecule has 1 aromatic rings. The van der Waals surface area contributed by atoms with Gasteiger partial charge in [0.1, 0.15) is 0 Å². The third kappa shape index (κ3) is 2.28. The third-order valence-electron chi connectivity index (χ3n) is 2.00. The predicted molar refractivity (Wildman–Crippen MR) is 60.8 cm³/mol. The van der Waals surface area contributed by atoms with Gasteiger partial charge in [-0.1, -0.05) is 6.07 Å². The zero-order chi connectivity index (χ0) is 11.4. The van der Waals surface area contributed by atoms with Crippen LogP contribution in [0.2, 0.25) is 0 Å². The zero-order valence-electron chi connectivity index (χ0n) is 8.92. The Morgan fingerprint density at radius 2 is 2.38 bits per heavy atom. The molecule has 6 nitrogen and oxygen atoms in total. The molecule has 1 unspecified atom stereocenters. The first-order valence-corrected chi connectivity index (χ1v) is 5.00. The molecule has 1 aromatic heterocycles. The van der Waals surface area contributed by atoms with Gasteiger partial charge in [0.25, 0.3) is 6.02 Å². The van der Waals surface area contributed by atoms with Crippen LogP contribution in [-0.2, 0) is 4.74 Å². The molecule has 0 aromatic carbocycles. The lowest BCUT2D eigenvalue weighted by molar-refractivity contribution is 0.311. The number of aliphatic imine (C=N–C) groups is 2. The first-order valence-electron chi connectivity index (χ1n) is 5.00. The molecule has 0 spiro atoms. The maximum Gasteiger partial charge on any atom is 0.294 e. The standard InChI is InChI=1S/C10H13N5O/c1-2-16-10-14-8(13-9(11)15-10)7-4-3-5-12-6-7/h3-6,8H,2H2,1H3,(H3,11,13,14,15). The minimum absolute atomic E-state index is 0.298. The molecular formula is C10H13N5O. The van der Waals surface area contributed by atoms with Crippen LogP contribution in [0.1, 0.15) is 18.7 Å². The lowest BCUT2D eigenvalue weighted by atomic mass is 10.2. The van der Waals surface area contributed by atoms with E-state index < -0.39 is 0 Å². The summed E-state index contributed by atoms with van der Waals surface area (Å²) in [7, 11) is 0. The third-order valence-corrected chi connectivity index (χ3v) is 2.00. The molecule has 16 heavy (non-hydrogen) atoms. The topological polar surface area (TPSA) is 84.9 Å². The highest BCUT2D eigenvalue weighted by molar-refractivity contribution is 5.96. The number of guanidine groups is 1. The summed E-state index contributed by atoms with van der Waals surface area (Å²) in [5.74, 6) is 0.298. The number of aromatic nitrogens is 1. The van der Waals surface area contributed by atoms with Crippen molar-refractivity contribution in [3.63, 3.8) is 0 Å². The van der Waals surface area contributed by atoms with Gasteiger partial charge in [-0.3, -0.25) is 10.3 Å². The number of nitrogens with zero attached hydrogens (tertiary/aromatic N) is 3. The van der Waals surface area contributed by atoms with Crippen LogP contribution in [0.5, 0.6) is 0 Å². The van der Waals surface area contributed by atoms with E-state index >= 15 is 0 Å². The van der Waals surface area contributed by atoms with Gasteiger partial charge in [-0.25, -0.2) is 9.98 Å². The van der Waals surface area contributed by atoms with Crippen LogP contribution in [0, 0.1) is 0 Å². The molecule has 1 aliphatic heterocycles. The van der Waals surface area contributed by atoms with Crippen molar-refractivity contribution < 1.29 is 4.74 Å². The largest absolute Gasteiger partial charge is 0.465 e. The van der Waals surface area contributed by atoms with Crippen molar-refractivity contribution in [1.82, 2.24) is 10.3 Å². The van der Waals surface area contributed by atoms with Crippen LogP contribution in [0.3, 0.4) is 0 Å². The summed E-state index contributed by atoms with van der Waals surface area (Å²) in [6, 6.07) is 4.12. The summed E-state index contributed by atoms with van der Waals surface area (Å²) in [5, 5.41) is 2.75. The summed E-state index contributed by atoms with van der Waals surface area (Å²) in [4.78, 5) is 12.4. The highest BCUT2D eigenvalue weighted by Crippen LogP contribution is 2.19. The highest BCUT2D eigenvalue weighted by atomic mass is 16.5. The smallest absolute Gasteiger partial charge is 0.294 e. The first-order chi connectivity index (χ1) is 7.79. The molecule has 0 saturated heterocycles. The molecule has 0 saturated carbocycles. The van der Waals surface area contributed by atoms with E-state index in [1.165, 1.54) is 0 Å². The number of hydrogen-bond donors (Lipinski definition) is 2. The molecule has 0 fully saturated rings. The quantitative estimate of drug-likeness (QED) is 0.753. The van der Waals surface area contributed by atoms with E-state index in [0.717, 1.165) is 5.56 Å². The number of hydrogen-bond acceptors (Lipinski definition) is 6. The van der Waals surface area contributed by atoms with E-state index in [-0.39, 0.29) is 6.17 Å². The van der Waals surface area contributed by atoms with Gasteiger partial charge in [-0.15, -0.1) is 0 Å². The van der Waals surface area contributed by atoms with Crippen molar-refractivity contribution in [3.8, 4) is 0 Å². The Morgan fingerprint density at radius 3 is 3.06 bits per heavy atom. The Labute approximate surface area is 93.3 Å². The van der Waals surface area contributed by atoms with Crippen LogP contribution in [-0.4, -0.2) is 23.6 Å². The van der Waals surface area contributed by atoms with Crippen LogP contribution >= 0.6 is 0 Å². The minimum atomic E-state index is -0.378. The van der Waals surface area contributed by atoms with Crippen LogP contribution < -0.4 is 11.1 Å². The summed E-state index contributed by atoms with van der Waals surface area (Å²) >= 11 is 0. The lowest BCUT2D eigenvalue weighted by Gasteiger charge is -2.18. The van der Waals surface area contributed by atoms with Crippen molar-refractivity contribution >= 4 is 12.0 Å². The minimum Gasteiger partial charge on any atom is -0.465 e. The fraction of sp³-hybridized carbons (Fsp3) is 0.300. The van der Waals surface area contributed by atoms with Crippen molar-refractivity contribution in [3.05, 3.63) is 30.1 Å². The van der Waals surface area contributed by atoms with E-state index in [1.807, 2.05) is 19.1 Å². The number of amidine groups is 1. The number of nitrogens with two attached hydrogens (primary N) is 1. The van der Waals surface area contributed by atoms with Crippen LogP contribution in [0.4, 0.5) is 0 Å². The monoisotopic (exact) mass is 219 g/mol. The number of ether oxygens (including phenoxy) is 1. The second-order valence-electron chi connectivity index (χ2n) is 3.17. The van der Waals surface area contributed by atoms with Crippen LogP contribution in [0.15, 0.2) is 34.5 Å². The van der Waals surface area contributed by atoms with E-state index in [0.29, 0.717) is 18.6 Å². The SMILES string of the molecule is CCOC1=NC(c2cccnc2)N=C(N)N1. The molecule has 1 atom stereocenters. The normalized spacial score (nSPS) is 19.4. The number of rotatable bonds is 2. The molecule has 0 radical (unpaired) electrons. The average molecular weight is 219 g/mol. The van der Waals surface area contributed by atoms with E-state index in [4.69, 9.17) is 10.5 Å². The Kier molecular flexibility index (Phi) is 3.00. The Morgan fingerprint density at radius 1 is 1.50 bits per heavy atom. The maximum atomic E-state index is 5.64. The summed E-state index contributed by atoms with van der Waals surface area (Å²) in [6.45, 7) is 2.41. The maximum absolute atomic E-state index is 5.64. The molecule has 6 heteroatoms. The molecule has 0 amide bonds. The lowest BCUT2D eigenvalue weighted by Crippen LogP contribution is -2.41. The van der Waals surface area contributed by atoms with E-state index in [1.54, 1.807) is 12.4 Å². The number of pyridine rings is 1. The van der Waals surface area contributed by atoms with Gasteiger partial charge >= 0.3 is 0 Å². The Hall–Kier alpha value is -2.11. The predicted octanol–water partition coefficient (Wildman–Crippen LogP) is 0.391. The van der Waals surface area contributed by atoms with Gasteiger partial charge in [0.2, 0.25) is 0 Å². The second-order valence-corrected chi connectivity index (χ2v) is 3.17. The second kappa shape index (κ2) is 4.61. The average Bonchev–Trinajstić information content (AvgIpc) is 2.30. The zero-order valence-corrected chi connectivity index (χ0v) is 8.92.